The van der Waals surface area contributed by atoms with E-state index < -0.39 is 0 Å². The Morgan fingerprint density at radius 1 is 1.31 bits per heavy atom. The molecule has 148 valence electrons. The summed E-state index contributed by atoms with van der Waals surface area (Å²) >= 11 is 0. The van der Waals surface area contributed by atoms with Crippen molar-refractivity contribution < 1.29 is 16.1 Å². The monoisotopic (exact) mass is 364 g/mol. The third-order valence-electron chi connectivity index (χ3n) is 3.81. The fourth-order valence-electron chi connectivity index (χ4n) is 2.32. The summed E-state index contributed by atoms with van der Waals surface area (Å²) in [6, 6.07) is 5.43. The molecule has 0 saturated carbocycles. The zero-order valence-electron chi connectivity index (χ0n) is 17.1. The molecule has 5 heteroatoms. The van der Waals surface area contributed by atoms with E-state index in [1.807, 2.05) is 38.8 Å². The molecule has 2 aliphatic rings. The van der Waals surface area contributed by atoms with Crippen molar-refractivity contribution in [1.82, 2.24) is 5.32 Å². The lowest BCUT2D eigenvalue weighted by atomic mass is 10.0. The Morgan fingerprint density at radius 3 is 2.38 bits per heavy atom. The molecule has 5 nitrogen and oxygen atoms in total. The van der Waals surface area contributed by atoms with Crippen LogP contribution in [0.15, 0.2) is 30.5 Å². The number of carbonyl (C=O) groups is 2. The van der Waals surface area contributed by atoms with Crippen LogP contribution in [0, 0.1) is 5.92 Å². The Bertz CT molecular complexity index is 617. The number of hydrogen-bond acceptors (Lipinski definition) is 4. The lowest BCUT2D eigenvalue weighted by Gasteiger charge is -2.15. The molecule has 26 heavy (non-hydrogen) atoms. The molecular weight excluding hydrogens is 328 g/mol. The van der Waals surface area contributed by atoms with Gasteiger partial charge in [0.1, 0.15) is 5.75 Å². The molecule has 1 aromatic rings. The zero-order chi connectivity index (χ0) is 20.3. The summed E-state index contributed by atoms with van der Waals surface area (Å²) in [5, 5.41) is 11.5. The predicted molar refractivity (Wildman–Crippen MR) is 110 cm³/mol. The smallest absolute Gasteiger partial charge is 0.229 e. The number of likely N-dealkylation sites (N-methyl/N-ethyl adjacent to an activating group) is 1. The number of benzene rings is 1. The number of amides is 2. The fourth-order valence-corrected chi connectivity index (χ4v) is 2.32. The second-order valence-electron chi connectivity index (χ2n) is 6.17. The maximum Gasteiger partial charge on any atom is 0.229 e. The van der Waals surface area contributed by atoms with Gasteiger partial charge in [0.25, 0.3) is 0 Å². The molecule has 2 aliphatic heterocycles. The minimum atomic E-state index is -0.141. The molecule has 0 aliphatic carbocycles. The molecule has 1 aromatic carbocycles. The number of fused-ring (bicyclic) bond motifs is 1. The lowest BCUT2D eigenvalue weighted by molar-refractivity contribution is -0.135. The number of hydrogen-bond donors (Lipinski definition) is 2. The minimum Gasteiger partial charge on any atom is -0.508 e. The number of phenolic OH excluding ortho intramolecular Hbond substituents is 1. The third-order valence-corrected chi connectivity index (χ3v) is 3.81. The highest BCUT2D eigenvalue weighted by Crippen LogP contribution is 2.34. The van der Waals surface area contributed by atoms with Gasteiger partial charge in [-0.05, 0) is 18.1 Å². The van der Waals surface area contributed by atoms with Crippen LogP contribution < -0.4 is 10.2 Å². The second-order valence-corrected chi connectivity index (χ2v) is 6.17. The van der Waals surface area contributed by atoms with Crippen molar-refractivity contribution >= 4 is 17.5 Å². The molecule has 2 amide bonds. The first kappa shape index (κ1) is 23.7. The largest absolute Gasteiger partial charge is 0.508 e. The molecular formula is C21H36N2O3. The van der Waals surface area contributed by atoms with E-state index in [4.69, 9.17) is 0 Å². The van der Waals surface area contributed by atoms with Crippen LogP contribution in [0.3, 0.4) is 0 Å². The first-order chi connectivity index (χ1) is 12.3. The topological polar surface area (TPSA) is 69.6 Å². The first-order valence-corrected chi connectivity index (χ1v) is 9.37. The van der Waals surface area contributed by atoms with Crippen LogP contribution >= 0.6 is 0 Å². The van der Waals surface area contributed by atoms with Crippen molar-refractivity contribution in [2.45, 2.75) is 60.3 Å². The van der Waals surface area contributed by atoms with E-state index in [1.165, 1.54) is 12.0 Å². The Kier molecular flexibility index (Phi) is 11.0. The Hall–Kier alpha value is -2.30. The van der Waals surface area contributed by atoms with Crippen LogP contribution in [0.4, 0.5) is 5.69 Å². The van der Waals surface area contributed by atoms with Crippen molar-refractivity contribution in [1.29, 1.82) is 0 Å². The van der Waals surface area contributed by atoms with Crippen LogP contribution in [0.2, 0.25) is 0 Å². The van der Waals surface area contributed by atoms with Gasteiger partial charge in [-0.3, -0.25) is 14.9 Å². The van der Waals surface area contributed by atoms with Crippen LogP contribution in [-0.2, 0) is 16.0 Å². The van der Waals surface area contributed by atoms with Gasteiger partial charge >= 0.3 is 0 Å². The molecule has 1 saturated heterocycles. The average Bonchev–Trinajstić information content (AvgIpc) is 2.89. The number of imide groups is 1. The van der Waals surface area contributed by atoms with E-state index in [2.05, 4.69) is 25.7 Å². The summed E-state index contributed by atoms with van der Waals surface area (Å²) in [6.07, 6.45) is 3.34. The van der Waals surface area contributed by atoms with Gasteiger partial charge in [0.2, 0.25) is 11.8 Å². The quantitative estimate of drug-likeness (QED) is 0.658. The second kappa shape index (κ2) is 12.1. The van der Waals surface area contributed by atoms with Crippen LogP contribution in [0.25, 0.3) is 0 Å². The van der Waals surface area contributed by atoms with E-state index in [9.17, 15) is 14.7 Å². The standard InChI is InChI=1S/C10H11NO.C6H9NO2.C3H8.C2H6.H2/c1-7-5-8-3-4-9(12)6-10(8)11(7)2;1-4-2-3-5(8)7-6(4)9;1-3-2;1-2;/h3-4,6,12H,1,5H2,2H3;4H,2-3H2,1H3,(H,7,8,9);3H2,1-2H3;1-2H3;1H. The number of anilines is 1. The van der Waals surface area contributed by atoms with E-state index in [0.29, 0.717) is 18.6 Å². The maximum atomic E-state index is 10.7. The van der Waals surface area contributed by atoms with Crippen LogP contribution in [0.5, 0.6) is 5.75 Å². The summed E-state index contributed by atoms with van der Waals surface area (Å²) < 4.78 is 0. The average molecular weight is 365 g/mol. The van der Waals surface area contributed by atoms with Gasteiger partial charge in [-0.25, -0.2) is 0 Å². The Labute approximate surface area is 159 Å². The summed E-state index contributed by atoms with van der Waals surface area (Å²) in [5.41, 5.74) is 3.39. The number of nitrogens with one attached hydrogen (secondary N) is 1. The zero-order valence-corrected chi connectivity index (χ0v) is 17.1. The molecule has 0 bridgehead atoms. The van der Waals surface area contributed by atoms with Crippen molar-refractivity contribution in [3.63, 3.8) is 0 Å². The first-order valence-electron chi connectivity index (χ1n) is 9.37. The highest BCUT2D eigenvalue weighted by molar-refractivity contribution is 5.98. The van der Waals surface area contributed by atoms with E-state index in [-0.39, 0.29) is 19.2 Å². The Balaban J connectivity index is 0. The number of allylic oxidation sites excluding steroid dienone is 1. The van der Waals surface area contributed by atoms with Crippen molar-refractivity contribution in [3.05, 3.63) is 36.0 Å². The van der Waals surface area contributed by atoms with Gasteiger partial charge in [0.05, 0.1) is 0 Å². The summed E-state index contributed by atoms with van der Waals surface area (Å²) in [5.74, 6) is 0.0577. The van der Waals surface area contributed by atoms with Crippen molar-refractivity contribution in [2.24, 2.45) is 5.92 Å². The number of rotatable bonds is 0. The highest BCUT2D eigenvalue weighted by atomic mass is 16.3. The molecule has 1 atom stereocenters. The lowest BCUT2D eigenvalue weighted by Crippen LogP contribution is -2.39. The predicted octanol–water partition coefficient (Wildman–Crippen LogP) is 4.65. The molecule has 2 N–H and O–H groups in total. The molecule has 0 aromatic heterocycles. The normalized spacial score (nSPS) is 17.5. The summed E-state index contributed by atoms with van der Waals surface area (Å²) in [7, 11) is 1.97. The summed E-state index contributed by atoms with van der Waals surface area (Å²) in [4.78, 5) is 23.2. The number of phenols is 1. The highest BCUT2D eigenvalue weighted by Gasteiger charge is 2.21. The summed E-state index contributed by atoms with van der Waals surface area (Å²) in [6.45, 7) is 14.0. The van der Waals surface area contributed by atoms with Crippen LogP contribution in [0.1, 0.15) is 60.9 Å². The van der Waals surface area contributed by atoms with Gasteiger partial charge in [-0.2, -0.15) is 0 Å². The van der Waals surface area contributed by atoms with Gasteiger partial charge in [-0.1, -0.05) is 53.7 Å². The third kappa shape index (κ3) is 7.30. The Morgan fingerprint density at radius 2 is 1.88 bits per heavy atom. The van der Waals surface area contributed by atoms with Gasteiger partial charge in [0.15, 0.2) is 0 Å². The van der Waals surface area contributed by atoms with Gasteiger partial charge in [-0.15, -0.1) is 0 Å². The number of nitrogens with zero attached hydrogens (tertiary/aromatic N) is 1. The number of carbonyl (C=O) groups excluding carboxylic acids is 2. The fraction of sp³-hybridized carbons (Fsp3) is 0.524. The maximum absolute atomic E-state index is 10.7. The molecule has 1 unspecified atom stereocenters. The van der Waals surface area contributed by atoms with E-state index in [1.54, 1.807) is 12.1 Å². The van der Waals surface area contributed by atoms with Crippen LogP contribution in [-0.4, -0.2) is 24.0 Å². The van der Waals surface area contributed by atoms with Gasteiger partial charge < -0.3 is 10.0 Å². The molecule has 1 fully saturated rings. The van der Waals surface area contributed by atoms with E-state index >= 15 is 0 Å². The molecule has 0 radical (unpaired) electrons. The minimum absolute atomic E-state index is 0. The van der Waals surface area contributed by atoms with Crippen molar-refractivity contribution in [2.75, 3.05) is 11.9 Å². The van der Waals surface area contributed by atoms with Crippen molar-refractivity contribution in [3.8, 4) is 5.75 Å². The number of piperidine rings is 1. The molecule has 2 heterocycles. The van der Waals surface area contributed by atoms with E-state index in [0.717, 1.165) is 17.8 Å². The van der Waals surface area contributed by atoms with Gasteiger partial charge in [0, 0.05) is 44.7 Å². The number of aromatic hydroxyl groups is 1. The molecule has 3 rings (SSSR count). The SMILES string of the molecule is C=C1Cc2ccc(O)cc2N1C.CC.CC1CCC(=O)NC1=O.CCC.[HH]. The molecule has 0 spiro atoms.